The third-order valence-corrected chi connectivity index (χ3v) is 5.58. The molecule has 2 heterocycles. The van der Waals surface area contributed by atoms with Gasteiger partial charge in [0.05, 0.1) is 6.04 Å². The van der Waals surface area contributed by atoms with E-state index in [1.165, 1.54) is 12.1 Å². The third-order valence-electron chi connectivity index (χ3n) is 5.58. The van der Waals surface area contributed by atoms with Gasteiger partial charge >= 0.3 is 12.1 Å². The van der Waals surface area contributed by atoms with Crippen LogP contribution in [0.4, 0.5) is 14.0 Å². The molecular weight excluding hydrogens is 391 g/mol. The van der Waals surface area contributed by atoms with E-state index in [-0.39, 0.29) is 42.2 Å². The van der Waals surface area contributed by atoms with Gasteiger partial charge in [-0.2, -0.15) is 0 Å². The second-order valence-electron chi connectivity index (χ2n) is 7.85. The molecule has 0 radical (unpaired) electrons. The van der Waals surface area contributed by atoms with Gasteiger partial charge in [-0.3, -0.25) is 4.79 Å². The Morgan fingerprint density at radius 3 is 2.60 bits per heavy atom. The van der Waals surface area contributed by atoms with Gasteiger partial charge in [-0.05, 0) is 24.1 Å². The Labute approximate surface area is 176 Å². The van der Waals surface area contributed by atoms with Crippen molar-refractivity contribution in [1.82, 2.24) is 20.0 Å². The zero-order valence-corrected chi connectivity index (χ0v) is 17.8. The van der Waals surface area contributed by atoms with Gasteiger partial charge < -0.3 is 25.1 Å². The van der Waals surface area contributed by atoms with Gasteiger partial charge in [-0.1, -0.05) is 25.5 Å². The molecule has 2 fully saturated rings. The number of unbranched alkanes of at least 4 members (excludes halogenated alkanes) is 1. The number of nitrogens with one attached hydrogen (secondary N) is 1. The molecule has 2 N–H and O–H groups in total. The van der Waals surface area contributed by atoms with Crippen molar-refractivity contribution < 1.29 is 23.9 Å². The van der Waals surface area contributed by atoms with Crippen LogP contribution in [0.3, 0.4) is 0 Å². The molecule has 0 spiro atoms. The van der Waals surface area contributed by atoms with Crippen LogP contribution >= 0.6 is 0 Å². The Hall–Kier alpha value is -2.84. The number of nitrogens with zero attached hydrogens (tertiary/aromatic N) is 3. The maximum Gasteiger partial charge on any atom is 0.320 e. The van der Waals surface area contributed by atoms with Gasteiger partial charge in [-0.25, -0.2) is 14.0 Å². The third kappa shape index (κ3) is 5.40. The number of rotatable bonds is 4. The van der Waals surface area contributed by atoms with Crippen LogP contribution in [-0.4, -0.2) is 78.6 Å². The smallest absolute Gasteiger partial charge is 0.320 e. The van der Waals surface area contributed by atoms with Crippen LogP contribution in [0.15, 0.2) is 24.3 Å². The summed E-state index contributed by atoms with van der Waals surface area (Å²) in [5.74, 6) is 0.0204. The Morgan fingerprint density at radius 2 is 2.00 bits per heavy atom. The summed E-state index contributed by atoms with van der Waals surface area (Å²) in [7, 11) is 3.46. The predicted molar refractivity (Wildman–Crippen MR) is 110 cm³/mol. The molecule has 3 atom stereocenters. The maximum absolute atomic E-state index is 13.8. The first-order chi connectivity index (χ1) is 14.3. The number of amides is 4. The summed E-state index contributed by atoms with van der Waals surface area (Å²) in [4.78, 5) is 38.7. The summed E-state index contributed by atoms with van der Waals surface area (Å²) in [5, 5.41) is 9.86. The van der Waals surface area contributed by atoms with E-state index in [1.54, 1.807) is 25.1 Å². The van der Waals surface area contributed by atoms with E-state index in [9.17, 15) is 14.0 Å². The summed E-state index contributed by atoms with van der Waals surface area (Å²) in [6.45, 7) is 4.32. The van der Waals surface area contributed by atoms with E-state index in [4.69, 9.17) is 9.90 Å². The fraction of sp³-hybridized carbons (Fsp3) is 0.571. The minimum Gasteiger partial charge on any atom is -0.483 e. The number of hydrogen-bond donors (Lipinski definition) is 2. The number of likely N-dealkylation sites (tertiary alicyclic amines) is 2. The number of fused-ring (bicyclic) bond motifs is 1. The second kappa shape index (κ2) is 10.8. The Balaban J connectivity index is 0.00000101. The molecule has 3 rings (SSSR count). The largest absolute Gasteiger partial charge is 0.483 e. The number of halogens is 1. The van der Waals surface area contributed by atoms with E-state index >= 15 is 0 Å². The van der Waals surface area contributed by atoms with Crippen molar-refractivity contribution in [3.05, 3.63) is 35.6 Å². The monoisotopic (exact) mass is 422 g/mol. The van der Waals surface area contributed by atoms with Crippen LogP contribution in [0.25, 0.3) is 0 Å². The van der Waals surface area contributed by atoms with Crippen molar-refractivity contribution in [2.24, 2.45) is 11.8 Å². The standard InChI is InChI=1S/C20H29FN4O2.CH2O2/c1-4-5-9-22-19(26)24-11-15-12-25(20(27)23(2)3)18(17(15)13-24)14-7-6-8-16(21)10-14;2-1-3/h6-8,10,15,17-18H,4-5,9,11-13H2,1-3H3,(H,22,26);1H,(H,2,3)/t15-,17-,18-;/m1./s1. The molecule has 0 saturated carbocycles. The van der Waals surface area contributed by atoms with Gasteiger partial charge in [0, 0.05) is 52.1 Å². The van der Waals surface area contributed by atoms with Crippen LogP contribution in [0, 0.1) is 17.7 Å². The van der Waals surface area contributed by atoms with E-state index in [1.807, 2.05) is 15.9 Å². The molecule has 0 unspecified atom stereocenters. The number of carboxylic acid groups (broad SMARTS) is 1. The van der Waals surface area contributed by atoms with Crippen molar-refractivity contribution in [3.63, 3.8) is 0 Å². The summed E-state index contributed by atoms with van der Waals surface area (Å²) in [6.07, 6.45) is 2.00. The van der Waals surface area contributed by atoms with Crippen molar-refractivity contribution in [3.8, 4) is 0 Å². The second-order valence-corrected chi connectivity index (χ2v) is 7.85. The van der Waals surface area contributed by atoms with Crippen LogP contribution in [0.1, 0.15) is 31.4 Å². The molecular formula is C21H31FN4O4. The molecule has 4 amide bonds. The van der Waals surface area contributed by atoms with E-state index in [0.717, 1.165) is 18.4 Å². The highest BCUT2D eigenvalue weighted by Crippen LogP contribution is 2.45. The van der Waals surface area contributed by atoms with Gasteiger partial charge in [0.25, 0.3) is 6.47 Å². The molecule has 166 valence electrons. The summed E-state index contributed by atoms with van der Waals surface area (Å²) < 4.78 is 13.8. The maximum atomic E-state index is 13.8. The van der Waals surface area contributed by atoms with Crippen LogP contribution < -0.4 is 5.32 Å². The number of urea groups is 2. The SMILES string of the molecule is CCCCNC(=O)N1C[C@@H]2CN(C(=O)N(C)C)[C@H](c3cccc(F)c3)[C@@H]2C1.O=CO. The summed E-state index contributed by atoms with van der Waals surface area (Å²) in [6, 6.07) is 6.15. The highest BCUT2D eigenvalue weighted by molar-refractivity contribution is 5.76. The highest BCUT2D eigenvalue weighted by Gasteiger charge is 2.50. The Kier molecular flexibility index (Phi) is 8.44. The van der Waals surface area contributed by atoms with Crippen molar-refractivity contribution in [1.29, 1.82) is 0 Å². The molecule has 2 aliphatic rings. The molecule has 2 saturated heterocycles. The molecule has 1 aromatic rings. The first kappa shape index (κ1) is 23.4. The van der Waals surface area contributed by atoms with Gasteiger partial charge in [0.1, 0.15) is 5.82 Å². The lowest BCUT2D eigenvalue weighted by atomic mass is 9.89. The number of benzene rings is 1. The fourth-order valence-corrected chi connectivity index (χ4v) is 4.27. The molecule has 0 bridgehead atoms. The molecule has 30 heavy (non-hydrogen) atoms. The summed E-state index contributed by atoms with van der Waals surface area (Å²) >= 11 is 0. The molecule has 9 heteroatoms. The van der Waals surface area contributed by atoms with E-state index < -0.39 is 0 Å². The van der Waals surface area contributed by atoms with Crippen molar-refractivity contribution in [2.75, 3.05) is 40.3 Å². The first-order valence-corrected chi connectivity index (χ1v) is 10.2. The van der Waals surface area contributed by atoms with E-state index in [0.29, 0.717) is 26.2 Å². The van der Waals surface area contributed by atoms with Crippen LogP contribution in [-0.2, 0) is 4.79 Å². The highest BCUT2D eigenvalue weighted by atomic mass is 19.1. The van der Waals surface area contributed by atoms with Crippen molar-refractivity contribution in [2.45, 2.75) is 25.8 Å². The van der Waals surface area contributed by atoms with Gasteiger partial charge in [-0.15, -0.1) is 0 Å². The van der Waals surface area contributed by atoms with Gasteiger partial charge in [0.15, 0.2) is 0 Å². The molecule has 0 aliphatic carbocycles. The summed E-state index contributed by atoms with van der Waals surface area (Å²) in [5.41, 5.74) is 0.797. The average molecular weight is 423 g/mol. The van der Waals surface area contributed by atoms with Crippen LogP contribution in [0.2, 0.25) is 0 Å². The quantitative estimate of drug-likeness (QED) is 0.576. The minimum atomic E-state index is -0.305. The fourth-order valence-electron chi connectivity index (χ4n) is 4.27. The molecule has 8 nitrogen and oxygen atoms in total. The van der Waals surface area contributed by atoms with Crippen LogP contribution in [0.5, 0.6) is 0 Å². The lowest BCUT2D eigenvalue weighted by molar-refractivity contribution is -0.122. The lowest BCUT2D eigenvalue weighted by Crippen LogP contribution is -2.44. The number of carbonyl (C=O) groups is 3. The first-order valence-electron chi connectivity index (χ1n) is 10.2. The van der Waals surface area contributed by atoms with Gasteiger partial charge in [0.2, 0.25) is 0 Å². The number of hydrogen-bond acceptors (Lipinski definition) is 3. The lowest BCUT2D eigenvalue weighted by Gasteiger charge is -2.32. The Bertz CT molecular complexity index is 745. The van der Waals surface area contributed by atoms with E-state index in [2.05, 4.69) is 12.2 Å². The Morgan fingerprint density at radius 1 is 1.30 bits per heavy atom. The zero-order valence-electron chi connectivity index (χ0n) is 17.8. The molecule has 0 aromatic heterocycles. The zero-order chi connectivity index (χ0) is 22.3. The normalized spacial score (nSPS) is 22.1. The minimum absolute atomic E-state index is 0.0404. The number of carbonyl (C=O) groups excluding carboxylic acids is 2. The predicted octanol–water partition coefficient (Wildman–Crippen LogP) is 2.62. The average Bonchev–Trinajstić information content (AvgIpc) is 3.26. The topological polar surface area (TPSA) is 93.2 Å². The molecule has 1 aromatic carbocycles. The molecule has 2 aliphatic heterocycles. The van der Waals surface area contributed by atoms with Crippen molar-refractivity contribution >= 4 is 18.5 Å².